The highest BCUT2D eigenvalue weighted by molar-refractivity contribution is 5.92. The molecule has 1 aliphatic heterocycles. The maximum absolute atomic E-state index is 12.4. The summed E-state index contributed by atoms with van der Waals surface area (Å²) in [5, 5.41) is 2.79. The van der Waals surface area contributed by atoms with Crippen LogP contribution in [0.4, 0.5) is 8.78 Å². The van der Waals surface area contributed by atoms with Gasteiger partial charge in [-0.05, 0) is 23.3 Å². The number of benzene rings is 2. The second-order valence-corrected chi connectivity index (χ2v) is 6.67. The average Bonchev–Trinajstić information content (AvgIpc) is 2.73. The average molecular weight is 402 g/mol. The number of halogens is 2. The van der Waals surface area contributed by atoms with Crippen LogP contribution in [0.25, 0.3) is 6.08 Å². The lowest BCUT2D eigenvalue weighted by atomic mass is 10.1. The number of carbonyl (C=O) groups is 1. The van der Waals surface area contributed by atoms with E-state index < -0.39 is 6.61 Å². The maximum atomic E-state index is 12.4. The highest BCUT2D eigenvalue weighted by Crippen LogP contribution is 2.21. The first-order chi connectivity index (χ1) is 14.1. The van der Waals surface area contributed by atoms with E-state index in [9.17, 15) is 13.6 Å². The normalized spacial score (nSPS) is 15.0. The minimum absolute atomic E-state index is 0.0300. The van der Waals surface area contributed by atoms with Gasteiger partial charge in [0.05, 0.1) is 13.2 Å². The predicted octanol–water partition coefficient (Wildman–Crippen LogP) is 3.45. The Labute approximate surface area is 168 Å². The molecule has 1 saturated heterocycles. The van der Waals surface area contributed by atoms with Gasteiger partial charge in [0.2, 0.25) is 5.91 Å². The topological polar surface area (TPSA) is 50.8 Å². The van der Waals surface area contributed by atoms with E-state index in [2.05, 4.69) is 27.1 Å². The monoisotopic (exact) mass is 402 g/mol. The second kappa shape index (κ2) is 10.7. The van der Waals surface area contributed by atoms with Gasteiger partial charge in [0.15, 0.2) is 0 Å². The molecule has 0 aliphatic carbocycles. The Kier molecular flexibility index (Phi) is 7.72. The Morgan fingerprint density at radius 2 is 1.79 bits per heavy atom. The largest absolute Gasteiger partial charge is 0.434 e. The summed E-state index contributed by atoms with van der Waals surface area (Å²) < 4.78 is 34.7. The van der Waals surface area contributed by atoms with E-state index in [1.165, 1.54) is 23.8 Å². The molecular weight excluding hydrogens is 378 g/mol. The molecule has 1 N–H and O–H groups in total. The summed E-state index contributed by atoms with van der Waals surface area (Å²) in [6.45, 7) is 1.79. The van der Waals surface area contributed by atoms with Gasteiger partial charge in [0.1, 0.15) is 5.75 Å². The van der Waals surface area contributed by atoms with Crippen LogP contribution < -0.4 is 10.1 Å². The third kappa shape index (κ3) is 6.96. The third-order valence-electron chi connectivity index (χ3n) is 4.55. The summed E-state index contributed by atoms with van der Waals surface area (Å²) in [5.41, 5.74) is 2.62. The number of nitrogens with zero attached hydrogens (tertiary/aromatic N) is 1. The fraction of sp³-hybridized carbons (Fsp3) is 0.318. The first kappa shape index (κ1) is 21.0. The highest BCUT2D eigenvalue weighted by atomic mass is 19.3. The number of para-hydroxylation sites is 1. The molecule has 1 amide bonds. The zero-order valence-corrected chi connectivity index (χ0v) is 16.0. The second-order valence-electron chi connectivity index (χ2n) is 6.67. The summed E-state index contributed by atoms with van der Waals surface area (Å²) in [6.07, 6.45) is 2.76. The molecule has 0 spiro atoms. The van der Waals surface area contributed by atoms with Crippen LogP contribution in [-0.2, 0) is 22.6 Å². The summed E-state index contributed by atoms with van der Waals surface area (Å²) in [5.74, 6) is -0.281. The number of rotatable bonds is 8. The van der Waals surface area contributed by atoms with E-state index in [0.717, 1.165) is 38.4 Å². The van der Waals surface area contributed by atoms with Crippen molar-refractivity contribution >= 4 is 12.0 Å². The molecule has 1 aliphatic rings. The molecule has 0 aromatic heterocycles. The van der Waals surface area contributed by atoms with Crippen LogP contribution in [-0.4, -0.2) is 43.7 Å². The Balaban J connectivity index is 1.48. The minimum Gasteiger partial charge on any atom is -0.434 e. The molecule has 1 heterocycles. The van der Waals surface area contributed by atoms with Crippen LogP contribution >= 0.6 is 0 Å². The lowest BCUT2D eigenvalue weighted by Crippen LogP contribution is -2.35. The summed E-state index contributed by atoms with van der Waals surface area (Å²) in [4.78, 5) is 14.4. The molecule has 3 rings (SSSR count). The molecule has 0 saturated carbocycles. The quantitative estimate of drug-likeness (QED) is 0.688. The first-order valence-electron chi connectivity index (χ1n) is 9.48. The number of carbonyl (C=O) groups excluding carboxylic acids is 1. The van der Waals surface area contributed by atoms with Crippen molar-refractivity contribution in [1.29, 1.82) is 0 Å². The van der Waals surface area contributed by atoms with Gasteiger partial charge in [0, 0.05) is 37.8 Å². The van der Waals surface area contributed by atoms with Gasteiger partial charge in [-0.3, -0.25) is 9.69 Å². The highest BCUT2D eigenvalue weighted by Gasteiger charge is 2.10. The van der Waals surface area contributed by atoms with Gasteiger partial charge in [-0.1, -0.05) is 42.5 Å². The van der Waals surface area contributed by atoms with Crippen LogP contribution in [0.2, 0.25) is 0 Å². The molecule has 0 atom stereocenters. The zero-order valence-electron chi connectivity index (χ0n) is 16.0. The van der Waals surface area contributed by atoms with Crippen LogP contribution in [0.15, 0.2) is 54.6 Å². The van der Waals surface area contributed by atoms with E-state index in [1.54, 1.807) is 18.2 Å². The fourth-order valence-electron chi connectivity index (χ4n) is 3.02. The fourth-order valence-corrected chi connectivity index (χ4v) is 3.02. The van der Waals surface area contributed by atoms with Crippen molar-refractivity contribution < 1.29 is 23.0 Å². The zero-order chi connectivity index (χ0) is 20.5. The first-order valence-corrected chi connectivity index (χ1v) is 9.48. The van der Waals surface area contributed by atoms with E-state index in [4.69, 9.17) is 4.74 Å². The van der Waals surface area contributed by atoms with Crippen LogP contribution in [0.3, 0.4) is 0 Å². The Morgan fingerprint density at radius 1 is 1.10 bits per heavy atom. The van der Waals surface area contributed by atoms with Gasteiger partial charge in [-0.2, -0.15) is 8.78 Å². The molecule has 0 unspecified atom stereocenters. The lowest BCUT2D eigenvalue weighted by molar-refractivity contribution is -0.116. The summed E-state index contributed by atoms with van der Waals surface area (Å²) in [7, 11) is 0. The molecule has 5 nitrogen and oxygen atoms in total. The SMILES string of the molecule is O=C(C=Cc1ccccc1OC(F)F)NCc1ccc(CN2CCOCC2)cc1. The van der Waals surface area contributed by atoms with Crippen molar-refractivity contribution in [3.05, 3.63) is 71.3 Å². The number of hydrogen-bond acceptors (Lipinski definition) is 4. The summed E-state index contributed by atoms with van der Waals surface area (Å²) >= 11 is 0. The standard InChI is InChI=1S/C22H24F2N2O3/c23-22(24)29-20-4-2-1-3-19(20)9-10-21(27)25-15-17-5-7-18(8-6-17)16-26-11-13-28-14-12-26/h1-10,22H,11-16H2,(H,25,27). The minimum atomic E-state index is -2.91. The molecule has 154 valence electrons. The van der Waals surface area contributed by atoms with E-state index in [-0.39, 0.29) is 11.7 Å². The number of hydrogen-bond donors (Lipinski definition) is 1. The van der Waals surface area contributed by atoms with Crippen molar-refractivity contribution in [2.75, 3.05) is 26.3 Å². The Bertz CT molecular complexity index is 819. The number of amides is 1. The van der Waals surface area contributed by atoms with Crippen LogP contribution in [0.5, 0.6) is 5.75 Å². The maximum Gasteiger partial charge on any atom is 0.387 e. The van der Waals surface area contributed by atoms with Crippen LogP contribution in [0.1, 0.15) is 16.7 Å². The van der Waals surface area contributed by atoms with Crippen molar-refractivity contribution in [2.45, 2.75) is 19.7 Å². The Morgan fingerprint density at radius 3 is 2.52 bits per heavy atom. The molecule has 2 aromatic rings. The molecule has 2 aromatic carbocycles. The molecule has 0 radical (unpaired) electrons. The van der Waals surface area contributed by atoms with E-state index >= 15 is 0 Å². The van der Waals surface area contributed by atoms with Crippen molar-refractivity contribution in [1.82, 2.24) is 10.2 Å². The molecule has 29 heavy (non-hydrogen) atoms. The Hall–Kier alpha value is -2.77. The molecule has 0 bridgehead atoms. The van der Waals surface area contributed by atoms with Gasteiger partial charge in [-0.15, -0.1) is 0 Å². The molecular formula is C22H24F2N2O3. The number of morpholine rings is 1. The third-order valence-corrected chi connectivity index (χ3v) is 4.55. The molecule has 1 fully saturated rings. The molecule has 7 heteroatoms. The van der Waals surface area contributed by atoms with E-state index in [0.29, 0.717) is 12.1 Å². The number of alkyl halides is 2. The smallest absolute Gasteiger partial charge is 0.387 e. The lowest BCUT2D eigenvalue weighted by Gasteiger charge is -2.26. The number of ether oxygens (including phenoxy) is 2. The van der Waals surface area contributed by atoms with Gasteiger partial charge in [0.25, 0.3) is 0 Å². The van der Waals surface area contributed by atoms with Crippen molar-refractivity contribution in [3.63, 3.8) is 0 Å². The van der Waals surface area contributed by atoms with Gasteiger partial charge < -0.3 is 14.8 Å². The predicted molar refractivity (Wildman–Crippen MR) is 106 cm³/mol. The summed E-state index contributed by atoms with van der Waals surface area (Å²) in [6, 6.07) is 14.4. The van der Waals surface area contributed by atoms with Gasteiger partial charge in [-0.25, -0.2) is 0 Å². The van der Waals surface area contributed by atoms with Gasteiger partial charge >= 0.3 is 6.61 Å². The number of nitrogens with one attached hydrogen (secondary N) is 1. The van der Waals surface area contributed by atoms with Crippen molar-refractivity contribution in [3.8, 4) is 5.75 Å². The van der Waals surface area contributed by atoms with E-state index in [1.807, 2.05) is 12.1 Å². The van der Waals surface area contributed by atoms with Crippen LogP contribution in [0, 0.1) is 0 Å². The van der Waals surface area contributed by atoms with Crippen molar-refractivity contribution in [2.24, 2.45) is 0 Å².